The summed E-state index contributed by atoms with van der Waals surface area (Å²) in [6.45, 7) is 5.16. The predicted octanol–water partition coefficient (Wildman–Crippen LogP) is 2.30. The van der Waals surface area contributed by atoms with Crippen LogP contribution in [0.2, 0.25) is 0 Å². The average molecular weight is 399 g/mol. The molecule has 2 aliphatic rings. The van der Waals surface area contributed by atoms with E-state index in [0.717, 1.165) is 17.7 Å². The van der Waals surface area contributed by atoms with Crippen LogP contribution in [0.3, 0.4) is 0 Å². The van der Waals surface area contributed by atoms with E-state index >= 15 is 0 Å². The number of fused-ring (bicyclic) bond motifs is 1. The lowest BCUT2D eigenvalue weighted by atomic mass is 10.1. The maximum Gasteiger partial charge on any atom is 0.309 e. The van der Waals surface area contributed by atoms with Crippen LogP contribution in [0, 0.1) is 18.8 Å². The number of ether oxygens (including phenoxy) is 3. The summed E-state index contributed by atoms with van der Waals surface area (Å²) in [4.78, 5) is 26.9. The minimum absolute atomic E-state index is 0.108. The minimum Gasteiger partial charge on any atom is -0.466 e. The molecule has 8 heteroatoms. The normalized spacial score (nSPS) is 19.1. The number of hydrogen-bond donors (Lipinski definition) is 0. The number of hydrogen-bond acceptors (Lipinski definition) is 6. The molecule has 0 radical (unpaired) electrons. The zero-order chi connectivity index (χ0) is 20.5. The van der Waals surface area contributed by atoms with Gasteiger partial charge in [0.25, 0.3) is 5.91 Å². The zero-order valence-electron chi connectivity index (χ0n) is 16.9. The van der Waals surface area contributed by atoms with Crippen LogP contribution in [0.25, 0.3) is 0 Å². The highest BCUT2D eigenvalue weighted by atomic mass is 16.7. The Morgan fingerprint density at radius 1 is 1.28 bits per heavy atom. The lowest BCUT2D eigenvalue weighted by molar-refractivity contribution is -0.145. The van der Waals surface area contributed by atoms with Crippen molar-refractivity contribution in [2.45, 2.75) is 26.8 Å². The van der Waals surface area contributed by atoms with Crippen molar-refractivity contribution in [2.75, 3.05) is 19.9 Å². The van der Waals surface area contributed by atoms with Gasteiger partial charge in [-0.25, -0.2) is 0 Å². The number of carbonyl (C=O) groups is 2. The quantitative estimate of drug-likeness (QED) is 0.665. The van der Waals surface area contributed by atoms with Gasteiger partial charge in [-0.05, 0) is 49.9 Å². The SMILES string of the molecule is CCOC(=O)[C@@H]1C[C@H]1CN(Cc1ccc2c(c1)OCO2)C(=O)c1cc(C)n(C)n1. The largest absolute Gasteiger partial charge is 0.466 e. The van der Waals surface area contributed by atoms with Crippen molar-refractivity contribution >= 4 is 11.9 Å². The molecule has 2 atom stereocenters. The Hall–Kier alpha value is -3.03. The fourth-order valence-electron chi connectivity index (χ4n) is 3.58. The predicted molar refractivity (Wildman–Crippen MR) is 103 cm³/mol. The van der Waals surface area contributed by atoms with Gasteiger partial charge in [0.2, 0.25) is 6.79 Å². The molecule has 1 aromatic carbocycles. The van der Waals surface area contributed by atoms with Crippen LogP contribution < -0.4 is 9.47 Å². The van der Waals surface area contributed by atoms with Crippen LogP contribution in [0.15, 0.2) is 24.3 Å². The molecule has 1 aliphatic carbocycles. The Bertz CT molecular complexity index is 919. The average Bonchev–Trinajstić information content (AvgIpc) is 3.16. The van der Waals surface area contributed by atoms with Gasteiger partial charge in [-0.3, -0.25) is 14.3 Å². The first kappa shape index (κ1) is 19.3. The molecule has 4 rings (SSSR count). The number of amides is 1. The molecule has 1 fully saturated rings. The van der Waals surface area contributed by atoms with Gasteiger partial charge in [0.1, 0.15) is 0 Å². The molecule has 0 N–H and O–H groups in total. The van der Waals surface area contributed by atoms with Crippen molar-refractivity contribution in [3.63, 3.8) is 0 Å². The summed E-state index contributed by atoms with van der Waals surface area (Å²) in [5, 5.41) is 4.33. The summed E-state index contributed by atoms with van der Waals surface area (Å²) in [6.07, 6.45) is 0.741. The van der Waals surface area contributed by atoms with Crippen molar-refractivity contribution < 1.29 is 23.8 Å². The fourth-order valence-corrected chi connectivity index (χ4v) is 3.58. The highest BCUT2D eigenvalue weighted by Gasteiger charge is 2.45. The molecule has 1 amide bonds. The van der Waals surface area contributed by atoms with Gasteiger partial charge in [-0.1, -0.05) is 6.07 Å². The molecule has 2 heterocycles. The summed E-state index contributed by atoms with van der Waals surface area (Å²) in [5.41, 5.74) is 2.25. The van der Waals surface area contributed by atoms with E-state index in [1.54, 1.807) is 22.6 Å². The van der Waals surface area contributed by atoms with Crippen molar-refractivity contribution in [2.24, 2.45) is 18.9 Å². The number of nitrogens with zero attached hydrogens (tertiary/aromatic N) is 3. The highest BCUT2D eigenvalue weighted by Crippen LogP contribution is 2.41. The van der Waals surface area contributed by atoms with Crippen LogP contribution in [-0.4, -0.2) is 46.5 Å². The standard InChI is InChI=1S/C21H25N3O5/c1-4-27-21(26)16-9-15(16)11-24(20(25)17-7-13(2)23(3)22-17)10-14-5-6-18-19(8-14)29-12-28-18/h5-8,15-16H,4,9-12H2,1-3H3/t15-,16+/m0/s1. The first-order valence-electron chi connectivity index (χ1n) is 9.81. The third kappa shape index (κ3) is 4.06. The smallest absolute Gasteiger partial charge is 0.309 e. The molecule has 154 valence electrons. The third-order valence-corrected chi connectivity index (χ3v) is 5.40. The first-order chi connectivity index (χ1) is 14.0. The van der Waals surface area contributed by atoms with E-state index in [0.29, 0.717) is 36.9 Å². The second-order valence-electron chi connectivity index (χ2n) is 7.52. The lowest BCUT2D eigenvalue weighted by Gasteiger charge is -2.22. The summed E-state index contributed by atoms with van der Waals surface area (Å²) < 4.78 is 17.6. The van der Waals surface area contributed by atoms with Crippen LogP contribution in [0.5, 0.6) is 11.5 Å². The van der Waals surface area contributed by atoms with Crippen LogP contribution in [0.4, 0.5) is 0 Å². The highest BCUT2D eigenvalue weighted by molar-refractivity contribution is 5.92. The Balaban J connectivity index is 1.52. The first-order valence-corrected chi connectivity index (χ1v) is 9.81. The molecule has 1 saturated carbocycles. The fraction of sp³-hybridized carbons (Fsp3) is 0.476. The van der Waals surface area contributed by atoms with Crippen LogP contribution in [0.1, 0.15) is 35.1 Å². The number of rotatable bonds is 7. The van der Waals surface area contributed by atoms with Gasteiger partial charge in [-0.2, -0.15) is 5.10 Å². The van der Waals surface area contributed by atoms with Gasteiger partial charge in [0, 0.05) is 25.8 Å². The van der Waals surface area contributed by atoms with Gasteiger partial charge >= 0.3 is 5.97 Å². The zero-order valence-corrected chi connectivity index (χ0v) is 16.9. The van der Waals surface area contributed by atoms with E-state index in [1.807, 2.05) is 32.2 Å². The van der Waals surface area contributed by atoms with Crippen LogP contribution >= 0.6 is 0 Å². The summed E-state index contributed by atoms with van der Waals surface area (Å²) in [6, 6.07) is 7.45. The van der Waals surface area contributed by atoms with Crippen molar-refractivity contribution in [1.82, 2.24) is 14.7 Å². The Kier molecular flexibility index (Phi) is 5.17. The van der Waals surface area contributed by atoms with E-state index in [1.165, 1.54) is 0 Å². The molecule has 29 heavy (non-hydrogen) atoms. The Morgan fingerprint density at radius 2 is 2.07 bits per heavy atom. The second-order valence-corrected chi connectivity index (χ2v) is 7.52. The van der Waals surface area contributed by atoms with Gasteiger partial charge in [-0.15, -0.1) is 0 Å². The molecule has 8 nitrogen and oxygen atoms in total. The number of aryl methyl sites for hydroxylation is 2. The number of aromatic nitrogens is 2. The second kappa shape index (κ2) is 7.77. The Morgan fingerprint density at radius 3 is 2.79 bits per heavy atom. The van der Waals surface area contributed by atoms with E-state index in [2.05, 4.69) is 5.10 Å². The molecular weight excluding hydrogens is 374 g/mol. The molecule has 1 aromatic heterocycles. The van der Waals surface area contributed by atoms with Gasteiger partial charge < -0.3 is 19.1 Å². The van der Waals surface area contributed by atoms with Crippen LogP contribution in [-0.2, 0) is 23.1 Å². The maximum absolute atomic E-state index is 13.2. The summed E-state index contributed by atoms with van der Waals surface area (Å²) >= 11 is 0. The minimum atomic E-state index is -0.179. The number of carbonyl (C=O) groups excluding carboxylic acids is 2. The van der Waals surface area contributed by atoms with E-state index in [9.17, 15) is 9.59 Å². The van der Waals surface area contributed by atoms with E-state index < -0.39 is 0 Å². The molecule has 0 saturated heterocycles. The van der Waals surface area contributed by atoms with E-state index in [-0.39, 0.29) is 30.5 Å². The molecule has 1 aliphatic heterocycles. The lowest BCUT2D eigenvalue weighted by Crippen LogP contribution is -2.33. The molecule has 2 aromatic rings. The Labute approximate surface area is 169 Å². The molecule has 0 bridgehead atoms. The molecule has 0 unspecified atom stereocenters. The van der Waals surface area contributed by atoms with Gasteiger partial charge in [0.05, 0.1) is 12.5 Å². The monoisotopic (exact) mass is 399 g/mol. The number of benzene rings is 1. The molecular formula is C21H25N3O5. The molecule has 0 spiro atoms. The van der Waals surface area contributed by atoms with Crippen molar-refractivity contribution in [3.8, 4) is 11.5 Å². The third-order valence-electron chi connectivity index (χ3n) is 5.40. The topological polar surface area (TPSA) is 82.9 Å². The van der Waals surface area contributed by atoms with E-state index in [4.69, 9.17) is 14.2 Å². The summed E-state index contributed by atoms with van der Waals surface area (Å²) in [7, 11) is 1.81. The van der Waals surface area contributed by atoms with Gasteiger partial charge in [0.15, 0.2) is 17.2 Å². The summed E-state index contributed by atoms with van der Waals surface area (Å²) in [5.74, 6) is 1.03. The number of esters is 1. The van der Waals surface area contributed by atoms with Crippen molar-refractivity contribution in [1.29, 1.82) is 0 Å². The maximum atomic E-state index is 13.2. The van der Waals surface area contributed by atoms with Crippen molar-refractivity contribution in [3.05, 3.63) is 41.2 Å².